The fourth-order valence-corrected chi connectivity index (χ4v) is 8.79. The van der Waals surface area contributed by atoms with Crippen LogP contribution in [0.15, 0.2) is 97.6 Å². The summed E-state index contributed by atoms with van der Waals surface area (Å²) >= 11 is 0. The van der Waals surface area contributed by atoms with Gasteiger partial charge in [-0.2, -0.15) is 0 Å². The van der Waals surface area contributed by atoms with E-state index in [2.05, 4.69) is 36.2 Å². The molecule has 0 N–H and O–H groups in total. The lowest BCUT2D eigenvalue weighted by molar-refractivity contribution is -0.169. The second-order valence-electron chi connectivity index (χ2n) is 16.4. The highest BCUT2D eigenvalue weighted by atomic mass is 16.7. The summed E-state index contributed by atoms with van der Waals surface area (Å²) in [5, 5.41) is 1.61. The van der Waals surface area contributed by atoms with Crippen molar-refractivity contribution in [2.45, 2.75) is 89.1 Å². The second-order valence-corrected chi connectivity index (χ2v) is 16.4. The largest absolute Gasteiger partial charge is 0.442 e. The Morgan fingerprint density at radius 1 is 0.639 bits per heavy atom. The number of esters is 4. The van der Waals surface area contributed by atoms with E-state index in [-0.39, 0.29) is 17.8 Å². The zero-order chi connectivity index (χ0) is 42.6. The van der Waals surface area contributed by atoms with Crippen molar-refractivity contribution >= 4 is 34.6 Å². The van der Waals surface area contributed by atoms with Crippen LogP contribution < -0.4 is 4.74 Å². The lowest BCUT2D eigenvalue weighted by atomic mass is 9.69. The van der Waals surface area contributed by atoms with E-state index in [1.54, 1.807) is 24.3 Å². The molecule has 61 heavy (non-hydrogen) atoms. The van der Waals surface area contributed by atoms with Crippen LogP contribution in [0.4, 0.5) is 0 Å². The van der Waals surface area contributed by atoms with Gasteiger partial charge in [-0.3, -0.25) is 9.59 Å². The standard InChI is InChI=1S/C53H50O8/c1-3-37-10-12-38(13-11-37)14-15-39-16-18-40(19-17-39)28-31-53(32-29-42(30-33-53)41-8-6-5-7-9-41)61-52(57)47-25-24-46-35-48(27-26-45(46)34-47)60-51(56)44-22-20-43(21-23-44)50(55)59-36-58-49(54)4-2/h1,4,10-13,16-19,24-27,34-35,41-44H,2,5-9,20-23,29-30,32-33,36H2. The van der Waals surface area contributed by atoms with Crippen LogP contribution in [0.5, 0.6) is 5.75 Å². The van der Waals surface area contributed by atoms with Gasteiger partial charge >= 0.3 is 23.9 Å². The highest BCUT2D eigenvalue weighted by Gasteiger charge is 2.40. The van der Waals surface area contributed by atoms with Crippen LogP contribution in [0.3, 0.4) is 0 Å². The molecule has 0 unspecified atom stereocenters. The summed E-state index contributed by atoms with van der Waals surface area (Å²) in [6, 6.07) is 26.1. The molecule has 0 bridgehead atoms. The lowest BCUT2D eigenvalue weighted by Gasteiger charge is -2.40. The third kappa shape index (κ3) is 11.4. The Balaban J connectivity index is 0.989. The first-order valence-corrected chi connectivity index (χ1v) is 21.4. The molecule has 4 aromatic rings. The van der Waals surface area contributed by atoms with Crippen LogP contribution in [0.1, 0.15) is 116 Å². The van der Waals surface area contributed by atoms with Crippen molar-refractivity contribution in [2.75, 3.05) is 6.79 Å². The predicted molar refractivity (Wildman–Crippen MR) is 233 cm³/mol. The van der Waals surface area contributed by atoms with Crippen LogP contribution in [0.2, 0.25) is 0 Å². The first-order chi connectivity index (χ1) is 29.7. The van der Waals surface area contributed by atoms with E-state index in [1.807, 2.05) is 60.7 Å². The maximum atomic E-state index is 13.9. The first kappa shape index (κ1) is 42.6. The van der Waals surface area contributed by atoms with Crippen LogP contribution in [-0.4, -0.2) is 36.3 Å². The van der Waals surface area contributed by atoms with Gasteiger partial charge in [0.15, 0.2) is 5.60 Å². The van der Waals surface area contributed by atoms with E-state index in [1.165, 1.54) is 32.1 Å². The van der Waals surface area contributed by atoms with Crippen LogP contribution in [0, 0.1) is 59.7 Å². The Hall–Kier alpha value is -6.56. The van der Waals surface area contributed by atoms with E-state index >= 15 is 0 Å². The summed E-state index contributed by atoms with van der Waals surface area (Å²) in [6.07, 6.45) is 18.2. The highest BCUT2D eigenvalue weighted by Crippen LogP contribution is 2.43. The monoisotopic (exact) mass is 814 g/mol. The molecule has 8 heteroatoms. The molecule has 3 aliphatic rings. The summed E-state index contributed by atoms with van der Waals surface area (Å²) < 4.78 is 22.0. The second kappa shape index (κ2) is 20.1. The smallest absolute Gasteiger partial charge is 0.339 e. The Morgan fingerprint density at radius 3 is 1.82 bits per heavy atom. The molecule has 8 nitrogen and oxygen atoms in total. The van der Waals surface area contributed by atoms with Crippen molar-refractivity contribution < 1.29 is 38.1 Å². The summed E-state index contributed by atoms with van der Waals surface area (Å²) in [4.78, 5) is 50.6. The number of rotatable bonds is 9. The Morgan fingerprint density at radius 2 is 1.20 bits per heavy atom. The molecule has 0 spiro atoms. The number of benzene rings is 4. The van der Waals surface area contributed by atoms with Crippen molar-refractivity contribution in [3.05, 3.63) is 125 Å². The van der Waals surface area contributed by atoms with E-state index in [0.717, 1.165) is 57.9 Å². The van der Waals surface area contributed by atoms with Gasteiger partial charge in [-0.05, 0) is 153 Å². The normalized spacial score (nSPS) is 21.2. The van der Waals surface area contributed by atoms with Gasteiger partial charge in [0.2, 0.25) is 6.79 Å². The van der Waals surface area contributed by atoms with Gasteiger partial charge < -0.3 is 18.9 Å². The van der Waals surface area contributed by atoms with Gasteiger partial charge in [0, 0.05) is 28.3 Å². The lowest BCUT2D eigenvalue weighted by Crippen LogP contribution is -2.39. The van der Waals surface area contributed by atoms with Gasteiger partial charge in [-0.25, -0.2) is 9.59 Å². The molecular weight excluding hydrogens is 765 g/mol. The first-order valence-electron chi connectivity index (χ1n) is 21.4. The topological polar surface area (TPSA) is 105 Å². The zero-order valence-electron chi connectivity index (χ0n) is 34.4. The third-order valence-corrected chi connectivity index (χ3v) is 12.4. The molecule has 4 aromatic carbocycles. The highest BCUT2D eigenvalue weighted by molar-refractivity contribution is 5.96. The van der Waals surface area contributed by atoms with E-state index < -0.39 is 30.3 Å². The molecule has 0 atom stereocenters. The van der Waals surface area contributed by atoms with Crippen LogP contribution in [-0.2, 0) is 28.6 Å². The maximum Gasteiger partial charge on any atom is 0.339 e. The maximum absolute atomic E-state index is 13.9. The number of carbonyl (C=O) groups is 4. The van der Waals surface area contributed by atoms with Crippen molar-refractivity contribution in [2.24, 2.45) is 23.7 Å². The quantitative estimate of drug-likeness (QED) is 0.0541. The SMILES string of the molecule is C#Cc1ccc(C#Cc2ccc(C#CC3(OC(=O)c4ccc5cc(OC(=O)C6CCC(C(=O)OCOC(=O)C=C)CC6)ccc5c4)CCC(C4CCCCC4)CC3)cc2)cc1. The Labute approximate surface area is 358 Å². The molecular formula is C53H50O8. The summed E-state index contributed by atoms with van der Waals surface area (Å²) in [5.74, 6) is 14.9. The molecule has 0 radical (unpaired) electrons. The fraction of sp³-hybridized carbons (Fsp3) is 0.358. The molecule has 7 rings (SSSR count). The van der Waals surface area contributed by atoms with Gasteiger partial charge in [0.05, 0.1) is 17.4 Å². The molecule has 0 amide bonds. The molecule has 0 aliphatic heterocycles. The van der Waals surface area contributed by atoms with Gasteiger partial charge in [-0.1, -0.05) is 74.5 Å². The molecule has 310 valence electrons. The average molecular weight is 815 g/mol. The Bertz CT molecular complexity index is 2410. The Kier molecular flexibility index (Phi) is 14.0. The number of terminal acetylenes is 1. The minimum atomic E-state index is -0.905. The molecule has 0 aromatic heterocycles. The minimum Gasteiger partial charge on any atom is -0.442 e. The van der Waals surface area contributed by atoms with Crippen molar-refractivity contribution in [1.82, 2.24) is 0 Å². The molecule has 3 fully saturated rings. The third-order valence-electron chi connectivity index (χ3n) is 12.4. The molecule has 3 aliphatic carbocycles. The minimum absolute atomic E-state index is 0.355. The van der Waals surface area contributed by atoms with E-state index in [4.69, 9.17) is 25.4 Å². The summed E-state index contributed by atoms with van der Waals surface area (Å²) in [5.41, 5.74) is 2.92. The van der Waals surface area contributed by atoms with Crippen LogP contribution in [0.25, 0.3) is 10.8 Å². The number of carbonyl (C=O) groups excluding carboxylic acids is 4. The van der Waals surface area contributed by atoms with Gasteiger partial charge in [-0.15, -0.1) is 6.42 Å². The summed E-state index contributed by atoms with van der Waals surface area (Å²) in [7, 11) is 0. The van der Waals surface area contributed by atoms with Crippen LogP contribution >= 0.6 is 0 Å². The zero-order valence-corrected chi connectivity index (χ0v) is 34.4. The van der Waals surface area contributed by atoms with Gasteiger partial charge in [0.1, 0.15) is 5.75 Å². The van der Waals surface area contributed by atoms with Crippen molar-refractivity contribution in [3.63, 3.8) is 0 Å². The number of fused-ring (bicyclic) bond motifs is 1. The summed E-state index contributed by atoms with van der Waals surface area (Å²) in [6.45, 7) is 2.83. The fourth-order valence-electron chi connectivity index (χ4n) is 8.79. The number of hydrogen-bond acceptors (Lipinski definition) is 8. The van der Waals surface area contributed by atoms with E-state index in [9.17, 15) is 19.2 Å². The molecule has 0 heterocycles. The van der Waals surface area contributed by atoms with Crippen molar-refractivity contribution in [3.8, 4) is 41.8 Å². The van der Waals surface area contributed by atoms with E-state index in [0.29, 0.717) is 55.8 Å². The number of hydrogen-bond donors (Lipinski definition) is 0. The predicted octanol–water partition coefficient (Wildman–Crippen LogP) is 9.88. The van der Waals surface area contributed by atoms with Gasteiger partial charge in [0.25, 0.3) is 0 Å². The number of ether oxygens (including phenoxy) is 4. The van der Waals surface area contributed by atoms with Crippen molar-refractivity contribution in [1.29, 1.82) is 0 Å². The molecule has 0 saturated heterocycles. The molecule has 3 saturated carbocycles. The average Bonchev–Trinajstić information content (AvgIpc) is 3.31.